The lowest BCUT2D eigenvalue weighted by Crippen LogP contribution is -2.13. The van der Waals surface area contributed by atoms with E-state index in [4.69, 9.17) is 0 Å². The molecule has 0 bridgehead atoms. The quantitative estimate of drug-likeness (QED) is 0.699. The summed E-state index contributed by atoms with van der Waals surface area (Å²) >= 11 is 0. The van der Waals surface area contributed by atoms with Gasteiger partial charge < -0.3 is 10.4 Å². The molecule has 1 aromatic heterocycles. The molecule has 0 aliphatic rings. The van der Waals surface area contributed by atoms with Gasteiger partial charge in [-0.1, -0.05) is 24.3 Å². The molecule has 0 unspecified atom stereocenters. The van der Waals surface area contributed by atoms with Crippen molar-refractivity contribution in [1.82, 2.24) is 4.98 Å². The predicted octanol–water partition coefficient (Wildman–Crippen LogP) is 3.19. The van der Waals surface area contributed by atoms with Gasteiger partial charge in [0.05, 0.1) is 0 Å². The molecule has 20 heavy (non-hydrogen) atoms. The lowest BCUT2D eigenvalue weighted by molar-refractivity contribution is 0.102. The largest absolute Gasteiger partial charge is 0.508 e. The van der Waals surface area contributed by atoms with Crippen LogP contribution in [0.15, 0.2) is 60.8 Å². The van der Waals surface area contributed by atoms with Crippen LogP contribution < -0.4 is 5.32 Å². The van der Waals surface area contributed by atoms with Crippen molar-refractivity contribution in [3.8, 4) is 5.75 Å². The molecule has 98 valence electrons. The third-order valence-electron chi connectivity index (χ3n) is 3.01. The van der Waals surface area contributed by atoms with Crippen molar-refractivity contribution in [2.24, 2.45) is 0 Å². The average molecular weight is 264 g/mol. The number of phenols is 1. The van der Waals surface area contributed by atoms with E-state index in [0.29, 0.717) is 11.4 Å². The van der Waals surface area contributed by atoms with Crippen LogP contribution in [0.5, 0.6) is 5.75 Å². The van der Waals surface area contributed by atoms with Crippen LogP contribution in [-0.4, -0.2) is 16.0 Å². The summed E-state index contributed by atoms with van der Waals surface area (Å²) in [5.74, 6) is -0.112. The average Bonchev–Trinajstić information content (AvgIpc) is 2.49. The standard InChI is InChI=1S/C16H12N2O2/c19-13-7-5-12(6-8-13)18-16(20)15-14-4-2-1-3-11(14)9-10-17-15/h1-10,19H,(H,18,20). The summed E-state index contributed by atoms with van der Waals surface area (Å²) in [6.45, 7) is 0. The fourth-order valence-electron chi connectivity index (χ4n) is 2.04. The molecule has 1 heterocycles. The van der Waals surface area contributed by atoms with Crippen LogP contribution in [0.1, 0.15) is 10.5 Å². The fraction of sp³-hybridized carbons (Fsp3) is 0. The Morgan fingerprint density at radius 3 is 2.55 bits per heavy atom. The molecule has 1 amide bonds. The van der Waals surface area contributed by atoms with Crippen LogP contribution in [0.4, 0.5) is 5.69 Å². The highest BCUT2D eigenvalue weighted by molar-refractivity contribution is 6.11. The Morgan fingerprint density at radius 2 is 1.75 bits per heavy atom. The zero-order valence-corrected chi connectivity index (χ0v) is 10.6. The van der Waals surface area contributed by atoms with Crippen LogP contribution in [-0.2, 0) is 0 Å². The summed E-state index contributed by atoms with van der Waals surface area (Å²) in [4.78, 5) is 16.4. The Balaban J connectivity index is 1.94. The number of hydrogen-bond acceptors (Lipinski definition) is 3. The molecule has 4 nitrogen and oxygen atoms in total. The topological polar surface area (TPSA) is 62.2 Å². The van der Waals surface area contributed by atoms with Gasteiger partial charge in [0.2, 0.25) is 0 Å². The van der Waals surface area contributed by atoms with Crippen LogP contribution in [0.25, 0.3) is 10.8 Å². The molecule has 0 atom stereocenters. The van der Waals surface area contributed by atoms with Crippen molar-refractivity contribution in [3.63, 3.8) is 0 Å². The number of phenolic OH excluding ortho intramolecular Hbond substituents is 1. The number of pyridine rings is 1. The maximum absolute atomic E-state index is 12.3. The second-order valence-electron chi connectivity index (χ2n) is 4.38. The summed E-state index contributed by atoms with van der Waals surface area (Å²) in [6, 6.07) is 15.8. The Morgan fingerprint density at radius 1 is 1.00 bits per heavy atom. The highest BCUT2D eigenvalue weighted by Crippen LogP contribution is 2.19. The van der Waals surface area contributed by atoms with Gasteiger partial charge in [-0.15, -0.1) is 0 Å². The normalized spacial score (nSPS) is 10.4. The summed E-state index contributed by atoms with van der Waals surface area (Å²) in [5.41, 5.74) is 0.999. The van der Waals surface area contributed by atoms with E-state index in [2.05, 4.69) is 10.3 Å². The van der Waals surface area contributed by atoms with Gasteiger partial charge in [0.15, 0.2) is 0 Å². The van der Waals surface area contributed by atoms with Crippen LogP contribution in [0, 0.1) is 0 Å². The second kappa shape index (κ2) is 5.01. The number of carbonyl (C=O) groups is 1. The number of nitrogens with one attached hydrogen (secondary N) is 1. The third-order valence-corrected chi connectivity index (χ3v) is 3.01. The van der Waals surface area contributed by atoms with Gasteiger partial charge in [-0.05, 0) is 35.7 Å². The van der Waals surface area contributed by atoms with Gasteiger partial charge >= 0.3 is 0 Å². The third kappa shape index (κ3) is 2.31. The first-order valence-electron chi connectivity index (χ1n) is 6.18. The molecule has 0 saturated carbocycles. The minimum absolute atomic E-state index is 0.159. The molecular formula is C16H12N2O2. The predicted molar refractivity (Wildman–Crippen MR) is 77.8 cm³/mol. The summed E-state index contributed by atoms with van der Waals surface area (Å²) in [7, 11) is 0. The molecule has 3 rings (SSSR count). The van der Waals surface area contributed by atoms with Crippen molar-refractivity contribution < 1.29 is 9.90 Å². The number of rotatable bonds is 2. The lowest BCUT2D eigenvalue weighted by atomic mass is 10.1. The van der Waals surface area contributed by atoms with Gasteiger partial charge in [0.1, 0.15) is 11.4 Å². The van der Waals surface area contributed by atoms with Gasteiger partial charge in [0.25, 0.3) is 5.91 Å². The van der Waals surface area contributed by atoms with E-state index in [1.165, 1.54) is 12.1 Å². The van der Waals surface area contributed by atoms with Crippen molar-refractivity contribution in [2.75, 3.05) is 5.32 Å². The first kappa shape index (κ1) is 12.2. The number of anilines is 1. The molecule has 0 radical (unpaired) electrons. The molecule has 0 aliphatic heterocycles. The summed E-state index contributed by atoms with van der Waals surface area (Å²) < 4.78 is 0. The number of hydrogen-bond donors (Lipinski definition) is 2. The highest BCUT2D eigenvalue weighted by atomic mass is 16.3. The van der Waals surface area contributed by atoms with Crippen molar-refractivity contribution in [3.05, 3.63) is 66.5 Å². The van der Waals surface area contributed by atoms with Crippen molar-refractivity contribution in [2.45, 2.75) is 0 Å². The molecule has 2 aromatic carbocycles. The Kier molecular flexibility index (Phi) is 3.05. The summed E-state index contributed by atoms with van der Waals surface area (Å²) in [5, 5.41) is 13.8. The van der Waals surface area contributed by atoms with E-state index in [1.807, 2.05) is 30.3 Å². The zero-order chi connectivity index (χ0) is 13.9. The molecule has 0 aliphatic carbocycles. The number of carbonyl (C=O) groups excluding carboxylic acids is 1. The fourth-order valence-corrected chi connectivity index (χ4v) is 2.04. The number of aromatic hydroxyl groups is 1. The molecule has 0 fully saturated rings. The van der Waals surface area contributed by atoms with Crippen molar-refractivity contribution in [1.29, 1.82) is 0 Å². The Labute approximate surface area is 115 Å². The number of amides is 1. The van der Waals surface area contributed by atoms with Gasteiger partial charge in [0, 0.05) is 17.3 Å². The van der Waals surface area contributed by atoms with Gasteiger partial charge in [-0.3, -0.25) is 9.78 Å². The minimum atomic E-state index is -0.271. The molecule has 2 N–H and O–H groups in total. The Hall–Kier alpha value is -2.88. The van der Waals surface area contributed by atoms with Crippen LogP contribution in [0.3, 0.4) is 0 Å². The monoisotopic (exact) mass is 264 g/mol. The number of fused-ring (bicyclic) bond motifs is 1. The van der Waals surface area contributed by atoms with E-state index in [-0.39, 0.29) is 11.7 Å². The minimum Gasteiger partial charge on any atom is -0.508 e. The van der Waals surface area contributed by atoms with E-state index < -0.39 is 0 Å². The lowest BCUT2D eigenvalue weighted by Gasteiger charge is -2.07. The van der Waals surface area contributed by atoms with E-state index in [1.54, 1.807) is 18.3 Å². The first-order chi connectivity index (χ1) is 9.74. The second-order valence-corrected chi connectivity index (χ2v) is 4.38. The maximum atomic E-state index is 12.3. The smallest absolute Gasteiger partial charge is 0.274 e. The van der Waals surface area contributed by atoms with E-state index in [9.17, 15) is 9.90 Å². The number of aromatic nitrogens is 1. The van der Waals surface area contributed by atoms with E-state index in [0.717, 1.165) is 10.8 Å². The zero-order valence-electron chi connectivity index (χ0n) is 10.6. The molecule has 3 aromatic rings. The molecule has 0 spiro atoms. The van der Waals surface area contributed by atoms with Gasteiger partial charge in [-0.2, -0.15) is 0 Å². The molecule has 4 heteroatoms. The molecular weight excluding hydrogens is 252 g/mol. The number of nitrogens with zero attached hydrogens (tertiary/aromatic N) is 1. The number of benzene rings is 2. The molecule has 0 saturated heterocycles. The van der Waals surface area contributed by atoms with Crippen molar-refractivity contribution >= 4 is 22.4 Å². The van der Waals surface area contributed by atoms with E-state index >= 15 is 0 Å². The SMILES string of the molecule is O=C(Nc1ccc(O)cc1)c1nccc2ccccc12. The van der Waals surface area contributed by atoms with Crippen LogP contribution >= 0.6 is 0 Å². The Bertz CT molecular complexity index is 762. The van der Waals surface area contributed by atoms with Crippen LogP contribution in [0.2, 0.25) is 0 Å². The summed E-state index contributed by atoms with van der Waals surface area (Å²) in [6.07, 6.45) is 1.62. The maximum Gasteiger partial charge on any atom is 0.274 e. The first-order valence-corrected chi connectivity index (χ1v) is 6.18. The highest BCUT2D eigenvalue weighted by Gasteiger charge is 2.11. The van der Waals surface area contributed by atoms with Gasteiger partial charge in [-0.25, -0.2) is 0 Å².